The second kappa shape index (κ2) is 10.6. The zero-order valence-electron chi connectivity index (χ0n) is 19.1. The zero-order valence-corrected chi connectivity index (χ0v) is 21.5. The standard InChI is InChI=1S/C22H24ClN5O5S2/c1-4-20(28(34(3,30)31)18-9-5-16(23)6-10-18)21(29)26-17-7-11-19(12-8-17)35(32,33)27-22-24-14-13-15(2)25-22/h5-14,20H,4H2,1-3H3,(H,26,29)(H,24,25,27)/t20-/m1/s1. The Kier molecular flexibility index (Phi) is 7.98. The van der Waals surface area contributed by atoms with Gasteiger partial charge in [0.25, 0.3) is 10.0 Å². The van der Waals surface area contributed by atoms with E-state index in [-0.39, 0.29) is 17.3 Å². The highest BCUT2D eigenvalue weighted by Crippen LogP contribution is 2.25. The van der Waals surface area contributed by atoms with E-state index in [9.17, 15) is 21.6 Å². The van der Waals surface area contributed by atoms with Gasteiger partial charge in [0.1, 0.15) is 6.04 Å². The van der Waals surface area contributed by atoms with Crippen molar-refractivity contribution in [3.05, 3.63) is 71.5 Å². The van der Waals surface area contributed by atoms with Gasteiger partial charge in [0.2, 0.25) is 21.9 Å². The van der Waals surface area contributed by atoms with Crippen LogP contribution in [0.5, 0.6) is 0 Å². The molecule has 1 aromatic heterocycles. The summed E-state index contributed by atoms with van der Waals surface area (Å²) in [6.07, 6.45) is 2.64. The third-order valence-electron chi connectivity index (χ3n) is 4.86. The first-order valence-electron chi connectivity index (χ1n) is 10.4. The van der Waals surface area contributed by atoms with Gasteiger partial charge in [0.15, 0.2) is 0 Å². The normalized spacial score (nSPS) is 12.6. The van der Waals surface area contributed by atoms with Gasteiger partial charge in [-0.15, -0.1) is 0 Å². The van der Waals surface area contributed by atoms with Gasteiger partial charge in [-0.3, -0.25) is 9.10 Å². The largest absolute Gasteiger partial charge is 0.324 e. The van der Waals surface area contributed by atoms with Crippen LogP contribution in [0, 0.1) is 6.92 Å². The number of halogens is 1. The minimum atomic E-state index is -3.95. The number of hydrogen-bond donors (Lipinski definition) is 2. The van der Waals surface area contributed by atoms with Crippen molar-refractivity contribution in [3.63, 3.8) is 0 Å². The number of sulfonamides is 2. The summed E-state index contributed by atoms with van der Waals surface area (Å²) in [5.41, 5.74) is 1.19. The number of rotatable bonds is 9. The maximum absolute atomic E-state index is 13.0. The topological polar surface area (TPSA) is 138 Å². The van der Waals surface area contributed by atoms with Crippen LogP contribution in [0.4, 0.5) is 17.3 Å². The van der Waals surface area contributed by atoms with Crippen LogP contribution in [0.3, 0.4) is 0 Å². The van der Waals surface area contributed by atoms with E-state index in [0.29, 0.717) is 22.1 Å². The van der Waals surface area contributed by atoms with Gasteiger partial charge in [0, 0.05) is 22.6 Å². The lowest BCUT2D eigenvalue weighted by molar-refractivity contribution is -0.117. The molecule has 10 nitrogen and oxygen atoms in total. The molecule has 1 atom stereocenters. The van der Waals surface area contributed by atoms with Crippen molar-refractivity contribution in [2.24, 2.45) is 0 Å². The Labute approximate surface area is 209 Å². The van der Waals surface area contributed by atoms with E-state index in [1.807, 2.05) is 0 Å². The molecular weight excluding hydrogens is 514 g/mol. The van der Waals surface area contributed by atoms with E-state index in [1.165, 1.54) is 54.7 Å². The number of nitrogens with one attached hydrogen (secondary N) is 2. The summed E-state index contributed by atoms with van der Waals surface area (Å²) in [5.74, 6) is -0.633. The van der Waals surface area contributed by atoms with Gasteiger partial charge in [-0.25, -0.2) is 31.5 Å². The molecule has 0 bridgehead atoms. The van der Waals surface area contributed by atoms with Crippen LogP contribution < -0.4 is 14.3 Å². The van der Waals surface area contributed by atoms with Crippen molar-refractivity contribution in [2.75, 3.05) is 20.6 Å². The van der Waals surface area contributed by atoms with Crippen LogP contribution >= 0.6 is 11.6 Å². The Morgan fingerprint density at radius 2 is 1.66 bits per heavy atom. The zero-order chi connectivity index (χ0) is 25.8. The number of nitrogens with zero attached hydrogens (tertiary/aromatic N) is 3. The third-order valence-corrected chi connectivity index (χ3v) is 7.64. The summed E-state index contributed by atoms with van der Waals surface area (Å²) in [7, 11) is -7.76. The minimum Gasteiger partial charge on any atom is -0.324 e. The monoisotopic (exact) mass is 537 g/mol. The summed E-state index contributed by atoms with van der Waals surface area (Å²) >= 11 is 5.91. The lowest BCUT2D eigenvalue weighted by atomic mass is 10.2. The fourth-order valence-corrected chi connectivity index (χ4v) is 5.56. The first kappa shape index (κ1) is 26.4. The van der Waals surface area contributed by atoms with E-state index in [2.05, 4.69) is 20.0 Å². The molecule has 0 aliphatic rings. The maximum Gasteiger partial charge on any atom is 0.264 e. The number of benzene rings is 2. The Balaban J connectivity index is 1.79. The molecule has 0 radical (unpaired) electrons. The SMILES string of the molecule is CC[C@H](C(=O)Nc1ccc(S(=O)(=O)Nc2nccc(C)n2)cc1)N(c1ccc(Cl)cc1)S(C)(=O)=O. The molecule has 35 heavy (non-hydrogen) atoms. The van der Waals surface area contributed by atoms with Gasteiger partial charge in [-0.1, -0.05) is 18.5 Å². The molecule has 0 aliphatic carbocycles. The second-order valence-corrected chi connectivity index (χ2v) is 11.6. The number of anilines is 3. The molecule has 1 heterocycles. The Morgan fingerprint density at radius 3 is 2.20 bits per heavy atom. The lowest BCUT2D eigenvalue weighted by Crippen LogP contribution is -2.47. The van der Waals surface area contributed by atoms with Crippen molar-refractivity contribution < 1.29 is 21.6 Å². The van der Waals surface area contributed by atoms with Crippen LogP contribution in [0.2, 0.25) is 5.02 Å². The summed E-state index contributed by atoms with van der Waals surface area (Å²) < 4.78 is 53.6. The molecule has 186 valence electrons. The first-order valence-corrected chi connectivity index (χ1v) is 14.1. The summed E-state index contributed by atoms with van der Waals surface area (Å²) in [4.78, 5) is 20.9. The van der Waals surface area contributed by atoms with Gasteiger partial charge in [0.05, 0.1) is 16.8 Å². The van der Waals surface area contributed by atoms with E-state index in [1.54, 1.807) is 19.9 Å². The van der Waals surface area contributed by atoms with Crippen molar-refractivity contribution in [3.8, 4) is 0 Å². The highest BCUT2D eigenvalue weighted by Gasteiger charge is 2.31. The van der Waals surface area contributed by atoms with Crippen LogP contribution in [0.1, 0.15) is 19.0 Å². The molecule has 0 saturated carbocycles. The Bertz CT molecular complexity index is 1410. The van der Waals surface area contributed by atoms with E-state index in [0.717, 1.165) is 10.6 Å². The lowest BCUT2D eigenvalue weighted by Gasteiger charge is -2.30. The Morgan fingerprint density at radius 1 is 1.03 bits per heavy atom. The fraction of sp³-hybridized carbons (Fsp3) is 0.227. The first-order chi connectivity index (χ1) is 16.4. The quantitative estimate of drug-likeness (QED) is 0.426. The van der Waals surface area contributed by atoms with Crippen molar-refractivity contribution >= 4 is 54.9 Å². The summed E-state index contributed by atoms with van der Waals surface area (Å²) in [6, 6.07) is 12.1. The maximum atomic E-state index is 13.0. The predicted octanol–water partition coefficient (Wildman–Crippen LogP) is 3.42. The molecular formula is C22H24ClN5O5S2. The van der Waals surface area contributed by atoms with Gasteiger partial charge < -0.3 is 5.32 Å². The molecule has 0 fully saturated rings. The molecule has 2 N–H and O–H groups in total. The van der Waals surface area contributed by atoms with Crippen LogP contribution in [-0.4, -0.2) is 45.0 Å². The smallest absolute Gasteiger partial charge is 0.264 e. The molecule has 0 unspecified atom stereocenters. The number of aryl methyl sites for hydroxylation is 1. The average molecular weight is 538 g/mol. The molecule has 3 aromatic rings. The number of aromatic nitrogens is 2. The van der Waals surface area contributed by atoms with Crippen LogP contribution in [-0.2, 0) is 24.8 Å². The van der Waals surface area contributed by atoms with Crippen LogP contribution in [0.25, 0.3) is 0 Å². The van der Waals surface area contributed by atoms with Crippen molar-refractivity contribution in [1.82, 2.24) is 9.97 Å². The van der Waals surface area contributed by atoms with Crippen molar-refractivity contribution in [2.45, 2.75) is 31.2 Å². The fourth-order valence-electron chi connectivity index (χ4n) is 3.27. The summed E-state index contributed by atoms with van der Waals surface area (Å²) in [5, 5.41) is 3.08. The van der Waals surface area contributed by atoms with E-state index >= 15 is 0 Å². The number of carbonyl (C=O) groups excluding carboxylic acids is 1. The van der Waals surface area contributed by atoms with Gasteiger partial charge in [-0.05, 0) is 67.9 Å². The summed E-state index contributed by atoms with van der Waals surface area (Å²) in [6.45, 7) is 3.39. The van der Waals surface area contributed by atoms with E-state index in [4.69, 9.17) is 11.6 Å². The predicted molar refractivity (Wildman–Crippen MR) is 136 cm³/mol. The second-order valence-electron chi connectivity index (χ2n) is 7.60. The number of amides is 1. The minimum absolute atomic E-state index is 0.0590. The molecule has 13 heteroatoms. The van der Waals surface area contributed by atoms with Crippen LogP contribution in [0.15, 0.2) is 65.7 Å². The molecule has 0 spiro atoms. The van der Waals surface area contributed by atoms with Crippen molar-refractivity contribution in [1.29, 1.82) is 0 Å². The highest BCUT2D eigenvalue weighted by molar-refractivity contribution is 7.92. The molecule has 2 aromatic carbocycles. The Hall–Kier alpha value is -3.22. The molecule has 0 saturated heterocycles. The number of carbonyl (C=O) groups is 1. The average Bonchev–Trinajstić information content (AvgIpc) is 2.77. The van der Waals surface area contributed by atoms with E-state index < -0.39 is 32.0 Å². The van der Waals surface area contributed by atoms with Gasteiger partial charge in [-0.2, -0.15) is 0 Å². The molecule has 1 amide bonds. The number of hydrogen-bond acceptors (Lipinski definition) is 7. The highest BCUT2D eigenvalue weighted by atomic mass is 35.5. The third kappa shape index (κ3) is 6.68. The molecule has 3 rings (SSSR count). The van der Waals surface area contributed by atoms with Gasteiger partial charge >= 0.3 is 0 Å². The molecule has 0 aliphatic heterocycles.